The minimum absolute atomic E-state index is 0. The first kappa shape index (κ1) is 20.8. The number of aryl methyl sites for hydroxylation is 1. The second-order valence-corrected chi connectivity index (χ2v) is 6.22. The molecule has 3 rings (SSSR count). The third kappa shape index (κ3) is 5.25. The summed E-state index contributed by atoms with van der Waals surface area (Å²) < 4.78 is 1.57. The summed E-state index contributed by atoms with van der Waals surface area (Å²) in [6.45, 7) is 5.28. The molecule has 1 aromatic carbocycles. The van der Waals surface area contributed by atoms with Gasteiger partial charge in [-0.1, -0.05) is 0 Å². The van der Waals surface area contributed by atoms with E-state index >= 15 is 0 Å². The molecule has 0 atom stereocenters. The van der Waals surface area contributed by atoms with Gasteiger partial charge in [-0.05, 0) is 12.1 Å². The maximum Gasteiger partial charge on any atom is 0.269 e. The van der Waals surface area contributed by atoms with Gasteiger partial charge >= 0.3 is 0 Å². The van der Waals surface area contributed by atoms with Gasteiger partial charge in [0.2, 0.25) is 0 Å². The third-order valence-electron chi connectivity index (χ3n) is 4.35. The van der Waals surface area contributed by atoms with Crippen molar-refractivity contribution in [1.82, 2.24) is 25.3 Å². The zero-order valence-corrected chi connectivity index (χ0v) is 15.9. The van der Waals surface area contributed by atoms with E-state index in [4.69, 9.17) is 0 Å². The van der Waals surface area contributed by atoms with Crippen LogP contribution in [0.3, 0.4) is 0 Å². The number of carbonyl (C=O) groups excluding carboxylic acids is 1. The van der Waals surface area contributed by atoms with Crippen LogP contribution in [0.5, 0.6) is 0 Å². The van der Waals surface area contributed by atoms with Crippen molar-refractivity contribution in [3.05, 3.63) is 46.1 Å². The molecule has 0 radical (unpaired) electrons. The molecule has 0 spiro atoms. The van der Waals surface area contributed by atoms with E-state index in [9.17, 15) is 14.9 Å². The van der Waals surface area contributed by atoms with E-state index in [0.717, 1.165) is 32.7 Å². The van der Waals surface area contributed by atoms with Gasteiger partial charge in [0, 0.05) is 70.2 Å². The van der Waals surface area contributed by atoms with Crippen molar-refractivity contribution >= 4 is 24.0 Å². The molecule has 0 unspecified atom stereocenters. The quantitative estimate of drug-likeness (QED) is 0.560. The topological polar surface area (TPSA) is 105 Å². The highest BCUT2D eigenvalue weighted by molar-refractivity contribution is 5.99. The van der Waals surface area contributed by atoms with Crippen LogP contribution in [0.15, 0.2) is 30.5 Å². The number of halogens is 1. The van der Waals surface area contributed by atoms with Crippen molar-refractivity contribution in [2.75, 3.05) is 39.3 Å². The van der Waals surface area contributed by atoms with Crippen molar-refractivity contribution < 1.29 is 9.72 Å². The number of amides is 1. The molecule has 9 nitrogen and oxygen atoms in total. The zero-order valence-electron chi connectivity index (χ0n) is 15.1. The zero-order chi connectivity index (χ0) is 18.5. The minimum Gasteiger partial charge on any atom is -0.351 e. The lowest BCUT2D eigenvalue weighted by Gasteiger charge is -2.27. The number of non-ortho nitro benzene ring substituents is 1. The molecule has 2 N–H and O–H groups in total. The predicted molar refractivity (Wildman–Crippen MR) is 104 cm³/mol. The number of aromatic nitrogens is 2. The van der Waals surface area contributed by atoms with Crippen LogP contribution >= 0.6 is 12.4 Å². The molecule has 27 heavy (non-hydrogen) atoms. The van der Waals surface area contributed by atoms with Gasteiger partial charge in [-0.3, -0.25) is 24.5 Å². The van der Waals surface area contributed by atoms with Crippen LogP contribution in [-0.2, 0) is 7.05 Å². The summed E-state index contributed by atoms with van der Waals surface area (Å²) in [5.41, 5.74) is 1.65. The fourth-order valence-corrected chi connectivity index (χ4v) is 2.97. The van der Waals surface area contributed by atoms with Crippen LogP contribution < -0.4 is 10.6 Å². The highest BCUT2D eigenvalue weighted by Crippen LogP contribution is 2.24. The van der Waals surface area contributed by atoms with E-state index in [0.29, 0.717) is 23.4 Å². The number of carbonyl (C=O) groups is 1. The Balaban J connectivity index is 0.00000261. The van der Waals surface area contributed by atoms with Crippen LogP contribution in [0, 0.1) is 10.1 Å². The molecule has 0 bridgehead atoms. The number of nitro benzene ring substituents is 1. The monoisotopic (exact) mass is 394 g/mol. The Morgan fingerprint density at radius 2 is 1.96 bits per heavy atom. The van der Waals surface area contributed by atoms with E-state index in [1.807, 2.05) is 0 Å². The third-order valence-corrected chi connectivity index (χ3v) is 4.35. The first-order chi connectivity index (χ1) is 12.5. The number of rotatable bonds is 6. The van der Waals surface area contributed by atoms with Gasteiger partial charge in [0.05, 0.1) is 10.5 Å². The van der Waals surface area contributed by atoms with Gasteiger partial charge in [0.25, 0.3) is 11.6 Å². The molecule has 1 aliphatic rings. The van der Waals surface area contributed by atoms with Crippen LogP contribution in [0.1, 0.15) is 10.4 Å². The van der Waals surface area contributed by atoms with Crippen LogP contribution in [0.4, 0.5) is 5.69 Å². The number of hydrogen-bond acceptors (Lipinski definition) is 6. The summed E-state index contributed by atoms with van der Waals surface area (Å²) in [6.07, 6.45) is 1.66. The summed E-state index contributed by atoms with van der Waals surface area (Å²) in [6, 6.07) is 6.04. The van der Waals surface area contributed by atoms with E-state index in [1.165, 1.54) is 12.1 Å². The Bertz CT molecular complexity index is 786. The lowest BCUT2D eigenvalue weighted by atomic mass is 10.1. The van der Waals surface area contributed by atoms with Crippen LogP contribution in [-0.4, -0.2) is 64.8 Å². The molecule has 0 aliphatic carbocycles. The maximum atomic E-state index is 12.6. The van der Waals surface area contributed by atoms with Crippen molar-refractivity contribution in [3.63, 3.8) is 0 Å². The maximum absolute atomic E-state index is 12.6. The molecule has 0 saturated carbocycles. The average molecular weight is 395 g/mol. The molecular weight excluding hydrogens is 372 g/mol. The predicted octanol–water partition coefficient (Wildman–Crippen LogP) is 1.05. The molecule has 1 aliphatic heterocycles. The molecule has 2 heterocycles. The van der Waals surface area contributed by atoms with Crippen molar-refractivity contribution in [2.45, 2.75) is 0 Å². The van der Waals surface area contributed by atoms with Crippen LogP contribution in [0.2, 0.25) is 0 Å². The standard InChI is InChI=1S/C17H22N6O3.ClH/c1-21-12-15(17(24)19-8-11-22-9-6-18-7-10-22)16(20-21)13-2-4-14(5-3-13)23(25)26;/h2-5,12,18H,6-11H2,1H3,(H,19,24);1H. The number of nitrogens with zero attached hydrogens (tertiary/aromatic N) is 4. The molecular formula is C17H23ClN6O3. The van der Waals surface area contributed by atoms with Gasteiger partial charge in [-0.2, -0.15) is 5.10 Å². The van der Waals surface area contributed by atoms with Gasteiger partial charge in [-0.15, -0.1) is 12.4 Å². The number of benzene rings is 1. The summed E-state index contributed by atoms with van der Waals surface area (Å²) >= 11 is 0. The van der Waals surface area contributed by atoms with Gasteiger partial charge in [0.15, 0.2) is 0 Å². The summed E-state index contributed by atoms with van der Waals surface area (Å²) in [5, 5.41) is 21.4. The Labute approximate surface area is 163 Å². The van der Waals surface area contributed by atoms with Gasteiger partial charge < -0.3 is 10.6 Å². The number of hydrogen-bond donors (Lipinski definition) is 2. The van der Waals surface area contributed by atoms with Gasteiger partial charge in [-0.25, -0.2) is 0 Å². The van der Waals surface area contributed by atoms with Crippen molar-refractivity contribution in [2.24, 2.45) is 7.05 Å². The van der Waals surface area contributed by atoms with Crippen molar-refractivity contribution in [1.29, 1.82) is 0 Å². The number of nitro groups is 1. The SMILES string of the molecule is Cl.Cn1cc(C(=O)NCCN2CCNCC2)c(-c2ccc([N+](=O)[O-])cc2)n1. The van der Waals surface area contributed by atoms with Gasteiger partial charge in [0.1, 0.15) is 5.69 Å². The van der Waals surface area contributed by atoms with E-state index in [1.54, 1.807) is 30.1 Å². The molecule has 1 amide bonds. The summed E-state index contributed by atoms with van der Waals surface area (Å²) in [5.74, 6) is -0.193. The normalized spacial score (nSPS) is 14.4. The highest BCUT2D eigenvalue weighted by atomic mass is 35.5. The Morgan fingerprint density at radius 1 is 1.30 bits per heavy atom. The molecule has 1 aromatic heterocycles. The largest absolute Gasteiger partial charge is 0.351 e. The van der Waals surface area contributed by atoms with E-state index in [-0.39, 0.29) is 24.0 Å². The first-order valence-corrected chi connectivity index (χ1v) is 8.54. The molecule has 2 aromatic rings. The molecule has 10 heteroatoms. The Kier molecular flexibility index (Phi) is 7.28. The van der Waals surface area contributed by atoms with E-state index < -0.39 is 4.92 Å². The van der Waals surface area contributed by atoms with Crippen LogP contribution in [0.25, 0.3) is 11.3 Å². The lowest BCUT2D eigenvalue weighted by Crippen LogP contribution is -2.46. The van der Waals surface area contributed by atoms with E-state index in [2.05, 4.69) is 20.6 Å². The minimum atomic E-state index is -0.452. The highest BCUT2D eigenvalue weighted by Gasteiger charge is 2.18. The first-order valence-electron chi connectivity index (χ1n) is 8.54. The Morgan fingerprint density at radius 3 is 2.59 bits per heavy atom. The second-order valence-electron chi connectivity index (χ2n) is 6.22. The smallest absolute Gasteiger partial charge is 0.269 e. The molecule has 1 saturated heterocycles. The molecule has 146 valence electrons. The summed E-state index contributed by atoms with van der Waals surface area (Å²) in [7, 11) is 1.74. The average Bonchev–Trinajstić information content (AvgIpc) is 3.04. The number of nitrogens with one attached hydrogen (secondary N) is 2. The molecule has 1 fully saturated rings. The fraction of sp³-hybridized carbons (Fsp3) is 0.412. The second kappa shape index (κ2) is 9.45. The Hall–Kier alpha value is -2.49. The van der Waals surface area contributed by atoms with Crippen molar-refractivity contribution in [3.8, 4) is 11.3 Å². The fourth-order valence-electron chi connectivity index (χ4n) is 2.97. The number of piperazine rings is 1. The summed E-state index contributed by atoms with van der Waals surface area (Å²) in [4.78, 5) is 25.2. The lowest BCUT2D eigenvalue weighted by molar-refractivity contribution is -0.384.